The summed E-state index contributed by atoms with van der Waals surface area (Å²) in [5, 5.41) is 18.7. The number of rotatable bonds is 5. The van der Waals surface area contributed by atoms with Crippen molar-refractivity contribution < 1.29 is 14.5 Å². The van der Waals surface area contributed by atoms with Crippen LogP contribution in [0.1, 0.15) is 18.5 Å². The average Bonchev–Trinajstić information content (AvgIpc) is 3.15. The van der Waals surface area contributed by atoms with Gasteiger partial charge in [-0.2, -0.15) is 4.98 Å². The molecule has 1 amide bonds. The number of non-ortho nitro benzene ring substituents is 1. The largest absolute Gasteiger partial charge is 0.496 e. The molecule has 4 rings (SSSR count). The van der Waals surface area contributed by atoms with Crippen LogP contribution in [0.15, 0.2) is 59.8 Å². The lowest BCUT2D eigenvalue weighted by molar-refractivity contribution is -0.384. The number of hydrogen-bond donors (Lipinski definition) is 2. The molecule has 0 spiro atoms. The summed E-state index contributed by atoms with van der Waals surface area (Å²) in [6.45, 7) is 1.72. The smallest absolute Gasteiger partial charge is 0.269 e. The second kappa shape index (κ2) is 7.32. The number of primary amides is 1. The van der Waals surface area contributed by atoms with E-state index in [-0.39, 0.29) is 5.69 Å². The van der Waals surface area contributed by atoms with Gasteiger partial charge in [0.15, 0.2) is 5.82 Å². The van der Waals surface area contributed by atoms with Crippen molar-refractivity contribution in [1.29, 1.82) is 0 Å². The summed E-state index contributed by atoms with van der Waals surface area (Å²) in [6, 6.07) is 12.6. The number of nitro benzene ring substituents is 1. The van der Waals surface area contributed by atoms with Gasteiger partial charge < -0.3 is 15.8 Å². The minimum Gasteiger partial charge on any atom is -0.496 e. The summed E-state index contributed by atoms with van der Waals surface area (Å²) in [5.41, 5.74) is 7.75. The maximum Gasteiger partial charge on any atom is 0.269 e. The predicted octanol–water partition coefficient (Wildman–Crippen LogP) is 2.64. The van der Waals surface area contributed by atoms with Gasteiger partial charge in [-0.25, -0.2) is 4.68 Å². The number of carbonyl (C=O) groups excluding carboxylic acids is 1. The van der Waals surface area contributed by atoms with Crippen LogP contribution in [0.2, 0.25) is 0 Å². The van der Waals surface area contributed by atoms with Gasteiger partial charge in [0.25, 0.3) is 5.69 Å². The number of para-hydroxylation sites is 1. The van der Waals surface area contributed by atoms with E-state index in [0.29, 0.717) is 39.9 Å². The zero-order valence-corrected chi connectivity index (χ0v) is 16.2. The van der Waals surface area contributed by atoms with Crippen LogP contribution in [-0.4, -0.2) is 32.7 Å². The van der Waals surface area contributed by atoms with Crippen LogP contribution < -0.4 is 15.8 Å². The van der Waals surface area contributed by atoms with E-state index in [2.05, 4.69) is 15.4 Å². The molecular formula is C20H18N6O4. The Kier molecular flexibility index (Phi) is 4.66. The minimum absolute atomic E-state index is 0.0532. The van der Waals surface area contributed by atoms with E-state index >= 15 is 0 Å². The summed E-state index contributed by atoms with van der Waals surface area (Å²) in [4.78, 5) is 27.3. The number of benzene rings is 2. The summed E-state index contributed by atoms with van der Waals surface area (Å²) in [7, 11) is 1.56. The fraction of sp³-hybridized carbons (Fsp3) is 0.150. The number of allylic oxidation sites excluding steroid dienone is 1. The molecule has 1 aromatic heterocycles. The van der Waals surface area contributed by atoms with Gasteiger partial charge in [0.2, 0.25) is 11.9 Å². The van der Waals surface area contributed by atoms with Crippen molar-refractivity contribution in [2.75, 3.05) is 12.4 Å². The molecular weight excluding hydrogens is 388 g/mol. The number of nitrogens with two attached hydrogens (primary N) is 1. The van der Waals surface area contributed by atoms with Gasteiger partial charge in [-0.1, -0.05) is 12.1 Å². The topological polar surface area (TPSA) is 138 Å². The monoisotopic (exact) mass is 406 g/mol. The van der Waals surface area contributed by atoms with Crippen LogP contribution in [0.4, 0.5) is 11.6 Å². The molecule has 2 heterocycles. The van der Waals surface area contributed by atoms with Gasteiger partial charge in [0.1, 0.15) is 11.8 Å². The van der Waals surface area contributed by atoms with Gasteiger partial charge in [0, 0.05) is 17.8 Å². The highest BCUT2D eigenvalue weighted by atomic mass is 16.6. The number of amides is 1. The number of nitrogens with one attached hydrogen (secondary N) is 1. The van der Waals surface area contributed by atoms with Gasteiger partial charge in [-0.15, -0.1) is 5.10 Å². The lowest BCUT2D eigenvalue weighted by Crippen LogP contribution is -2.31. The molecule has 30 heavy (non-hydrogen) atoms. The zero-order valence-electron chi connectivity index (χ0n) is 16.2. The number of nitrogens with zero attached hydrogens (tertiary/aromatic N) is 4. The number of aromatic nitrogens is 3. The molecule has 10 nitrogen and oxygen atoms in total. The molecule has 152 valence electrons. The van der Waals surface area contributed by atoms with Crippen molar-refractivity contribution in [2.45, 2.75) is 13.0 Å². The number of nitro groups is 1. The molecule has 1 unspecified atom stereocenters. The van der Waals surface area contributed by atoms with Gasteiger partial charge in [-0.3, -0.25) is 14.9 Å². The lowest BCUT2D eigenvalue weighted by atomic mass is 9.95. The van der Waals surface area contributed by atoms with Gasteiger partial charge >= 0.3 is 0 Å². The molecule has 1 atom stereocenters. The van der Waals surface area contributed by atoms with E-state index in [1.165, 1.54) is 12.1 Å². The van der Waals surface area contributed by atoms with Crippen LogP contribution in [0.3, 0.4) is 0 Å². The third kappa shape index (κ3) is 3.13. The molecule has 1 aliphatic rings. The van der Waals surface area contributed by atoms with E-state index < -0.39 is 16.9 Å². The second-order valence-corrected chi connectivity index (χ2v) is 6.68. The second-order valence-electron chi connectivity index (χ2n) is 6.68. The van der Waals surface area contributed by atoms with Crippen LogP contribution in [0.5, 0.6) is 5.75 Å². The highest BCUT2D eigenvalue weighted by Crippen LogP contribution is 2.37. The first kappa shape index (κ1) is 19.1. The number of methoxy groups -OCH3 is 1. The molecule has 2 aromatic carbocycles. The van der Waals surface area contributed by atoms with Crippen molar-refractivity contribution in [3.63, 3.8) is 0 Å². The van der Waals surface area contributed by atoms with E-state index in [0.717, 1.165) is 0 Å². The van der Waals surface area contributed by atoms with Crippen molar-refractivity contribution >= 4 is 17.5 Å². The Balaban J connectivity index is 1.87. The van der Waals surface area contributed by atoms with E-state index in [1.807, 2.05) is 18.2 Å². The van der Waals surface area contributed by atoms with E-state index in [4.69, 9.17) is 10.5 Å². The molecule has 3 aromatic rings. The first-order valence-electron chi connectivity index (χ1n) is 9.02. The normalized spacial score (nSPS) is 15.3. The number of fused-ring (bicyclic) bond motifs is 1. The molecule has 0 radical (unpaired) electrons. The Hall–Kier alpha value is -4.21. The quantitative estimate of drug-likeness (QED) is 0.490. The van der Waals surface area contributed by atoms with Crippen molar-refractivity contribution in [3.05, 3.63) is 75.5 Å². The fourth-order valence-corrected chi connectivity index (χ4v) is 3.50. The summed E-state index contributed by atoms with van der Waals surface area (Å²) in [5.74, 6) is 0.803. The zero-order chi connectivity index (χ0) is 21.4. The highest BCUT2D eigenvalue weighted by Gasteiger charge is 2.33. The molecule has 0 saturated carbocycles. The van der Waals surface area contributed by atoms with Gasteiger partial charge in [0.05, 0.1) is 23.2 Å². The average molecular weight is 406 g/mol. The van der Waals surface area contributed by atoms with E-state index in [9.17, 15) is 14.9 Å². The van der Waals surface area contributed by atoms with E-state index in [1.54, 1.807) is 36.9 Å². The highest BCUT2D eigenvalue weighted by molar-refractivity contribution is 5.95. The Morgan fingerprint density at radius 2 is 1.93 bits per heavy atom. The first-order chi connectivity index (χ1) is 14.4. The number of hydrogen-bond acceptors (Lipinski definition) is 7. The third-order valence-corrected chi connectivity index (χ3v) is 4.89. The number of anilines is 1. The van der Waals surface area contributed by atoms with Crippen LogP contribution in [-0.2, 0) is 4.79 Å². The van der Waals surface area contributed by atoms with Crippen molar-refractivity contribution in [2.24, 2.45) is 5.73 Å². The Morgan fingerprint density at radius 3 is 2.57 bits per heavy atom. The van der Waals surface area contributed by atoms with Crippen LogP contribution in [0.25, 0.3) is 11.4 Å². The molecule has 0 bridgehead atoms. The maximum absolute atomic E-state index is 12.2. The predicted molar refractivity (Wildman–Crippen MR) is 109 cm³/mol. The SMILES string of the molecule is COc1ccccc1-c1nc2n(n1)C(c1ccc([N+](=O)[O-])cc1)C(C(N)=O)=C(C)N2. The third-order valence-electron chi connectivity index (χ3n) is 4.89. The fourth-order valence-electron chi connectivity index (χ4n) is 3.50. The summed E-state index contributed by atoms with van der Waals surface area (Å²) < 4.78 is 6.95. The maximum atomic E-state index is 12.2. The molecule has 0 aliphatic carbocycles. The summed E-state index contributed by atoms with van der Waals surface area (Å²) >= 11 is 0. The Morgan fingerprint density at radius 1 is 1.23 bits per heavy atom. The first-order valence-corrected chi connectivity index (χ1v) is 9.02. The van der Waals surface area contributed by atoms with Crippen LogP contribution >= 0.6 is 0 Å². The van der Waals surface area contributed by atoms with Crippen molar-refractivity contribution in [3.8, 4) is 17.1 Å². The van der Waals surface area contributed by atoms with Crippen molar-refractivity contribution in [1.82, 2.24) is 14.8 Å². The van der Waals surface area contributed by atoms with Crippen LogP contribution in [0, 0.1) is 10.1 Å². The molecule has 0 saturated heterocycles. The standard InChI is InChI=1S/C20H18N6O4/c1-11-16(18(21)27)17(12-7-9-13(10-8-12)26(28)29)25-20(22-11)23-19(24-25)14-5-3-4-6-15(14)30-2/h3-10,17H,1-2H3,(H2,21,27)(H,22,23,24). The summed E-state index contributed by atoms with van der Waals surface area (Å²) in [6.07, 6.45) is 0. The number of carbonyl (C=O) groups is 1. The van der Waals surface area contributed by atoms with Gasteiger partial charge in [-0.05, 0) is 36.8 Å². The minimum atomic E-state index is -0.685. The molecule has 0 fully saturated rings. The molecule has 10 heteroatoms. The Labute approximate surface area is 171 Å². The lowest BCUT2D eigenvalue weighted by Gasteiger charge is -2.27. The Bertz CT molecular complexity index is 1180. The molecule has 3 N–H and O–H groups in total. The molecule has 1 aliphatic heterocycles. The number of ether oxygens (including phenoxy) is 1.